The summed E-state index contributed by atoms with van der Waals surface area (Å²) >= 11 is 0. The van der Waals surface area contributed by atoms with Gasteiger partial charge in [-0.1, -0.05) is 20.8 Å². The first-order valence-electron chi connectivity index (χ1n) is 5.84. The molecule has 0 saturated carbocycles. The molecule has 2 rings (SSSR count). The molecule has 1 aromatic heterocycles. The van der Waals surface area contributed by atoms with Crippen molar-refractivity contribution in [1.29, 1.82) is 0 Å². The number of nitrogens with zero attached hydrogens (tertiary/aromatic N) is 3. The van der Waals surface area contributed by atoms with Gasteiger partial charge < -0.3 is 4.43 Å². The lowest BCUT2D eigenvalue weighted by molar-refractivity contribution is 0.178. The lowest BCUT2D eigenvalue weighted by atomic mass is 10.2. The van der Waals surface area contributed by atoms with Gasteiger partial charge in [-0.25, -0.2) is 9.67 Å². The van der Waals surface area contributed by atoms with E-state index in [1.54, 1.807) is 6.33 Å². The Kier molecular flexibility index (Phi) is 2.70. The highest BCUT2D eigenvalue weighted by Gasteiger charge is 2.40. The summed E-state index contributed by atoms with van der Waals surface area (Å²) in [6.45, 7) is 12.3. The van der Waals surface area contributed by atoms with Crippen LogP contribution in [0.25, 0.3) is 0 Å². The second-order valence-electron chi connectivity index (χ2n) is 6.06. The van der Waals surface area contributed by atoms with Crippen LogP contribution in [0.1, 0.15) is 26.6 Å². The number of hydrogen-bond donors (Lipinski definition) is 0. The van der Waals surface area contributed by atoms with Crippen molar-refractivity contribution in [2.45, 2.75) is 58.0 Å². The van der Waals surface area contributed by atoms with Crippen LogP contribution < -0.4 is 0 Å². The maximum atomic E-state index is 6.34. The van der Waals surface area contributed by atoms with Crippen LogP contribution in [-0.4, -0.2) is 29.2 Å². The molecule has 0 saturated heterocycles. The van der Waals surface area contributed by atoms with E-state index in [1.807, 2.05) is 4.68 Å². The first kappa shape index (κ1) is 11.8. The minimum absolute atomic E-state index is 0.269. The van der Waals surface area contributed by atoms with Crippen LogP contribution in [0.4, 0.5) is 0 Å². The molecule has 0 radical (unpaired) electrons. The van der Waals surface area contributed by atoms with E-state index in [1.165, 1.54) is 0 Å². The van der Waals surface area contributed by atoms with Gasteiger partial charge in [-0.3, -0.25) is 0 Å². The molecule has 0 amide bonds. The average molecular weight is 239 g/mol. The van der Waals surface area contributed by atoms with Crippen molar-refractivity contribution in [1.82, 2.24) is 14.8 Å². The average Bonchev–Trinajstić information content (AvgIpc) is 2.59. The summed E-state index contributed by atoms with van der Waals surface area (Å²) in [7, 11) is -1.65. The molecule has 90 valence electrons. The van der Waals surface area contributed by atoms with Crippen LogP contribution in [0.15, 0.2) is 6.33 Å². The first-order valence-corrected chi connectivity index (χ1v) is 8.75. The number of aromatic nitrogens is 3. The fourth-order valence-corrected chi connectivity index (χ4v) is 3.08. The highest BCUT2D eigenvalue weighted by Crippen LogP contribution is 2.38. The quantitative estimate of drug-likeness (QED) is 0.743. The topological polar surface area (TPSA) is 39.9 Å². The molecule has 2 heterocycles. The SMILES string of the molecule is CC(C)(C)[Si](C)(C)OC1Cc2ncnn2C1. The van der Waals surface area contributed by atoms with E-state index < -0.39 is 8.32 Å². The van der Waals surface area contributed by atoms with E-state index in [9.17, 15) is 0 Å². The van der Waals surface area contributed by atoms with Gasteiger partial charge in [0.15, 0.2) is 8.32 Å². The Labute approximate surface area is 98.2 Å². The molecule has 1 unspecified atom stereocenters. The van der Waals surface area contributed by atoms with Gasteiger partial charge in [0.1, 0.15) is 12.2 Å². The zero-order valence-corrected chi connectivity index (χ0v) is 11.8. The third-order valence-electron chi connectivity index (χ3n) is 3.75. The predicted molar refractivity (Wildman–Crippen MR) is 65.8 cm³/mol. The predicted octanol–water partition coefficient (Wildman–Crippen LogP) is 2.22. The molecule has 0 aromatic carbocycles. The molecule has 1 aromatic rings. The van der Waals surface area contributed by atoms with Gasteiger partial charge in [-0.15, -0.1) is 0 Å². The van der Waals surface area contributed by atoms with Crippen LogP contribution >= 0.6 is 0 Å². The lowest BCUT2D eigenvalue weighted by Crippen LogP contribution is -2.44. The minimum Gasteiger partial charge on any atom is -0.412 e. The largest absolute Gasteiger partial charge is 0.412 e. The number of fused-ring (bicyclic) bond motifs is 1. The first-order chi connectivity index (χ1) is 7.29. The molecule has 0 N–H and O–H groups in total. The van der Waals surface area contributed by atoms with Crippen molar-refractivity contribution in [3.05, 3.63) is 12.2 Å². The molecule has 5 heteroatoms. The molecule has 1 atom stereocenters. The van der Waals surface area contributed by atoms with E-state index in [2.05, 4.69) is 43.9 Å². The molecular weight excluding hydrogens is 218 g/mol. The summed E-state index contributed by atoms with van der Waals surface area (Å²) in [6, 6.07) is 0. The Morgan fingerprint density at radius 2 is 2.12 bits per heavy atom. The Balaban J connectivity index is 2.01. The highest BCUT2D eigenvalue weighted by atomic mass is 28.4. The smallest absolute Gasteiger partial charge is 0.192 e. The molecular formula is C11H21N3OSi. The second-order valence-corrected chi connectivity index (χ2v) is 10.8. The van der Waals surface area contributed by atoms with Crippen molar-refractivity contribution >= 4 is 8.32 Å². The second kappa shape index (κ2) is 3.67. The molecule has 16 heavy (non-hydrogen) atoms. The zero-order valence-electron chi connectivity index (χ0n) is 10.8. The summed E-state index contributed by atoms with van der Waals surface area (Å²) in [4.78, 5) is 4.23. The van der Waals surface area contributed by atoms with Crippen molar-refractivity contribution in [2.24, 2.45) is 0 Å². The molecule has 0 fully saturated rings. The Morgan fingerprint density at radius 3 is 2.69 bits per heavy atom. The van der Waals surface area contributed by atoms with Crippen LogP contribution in [0.2, 0.25) is 18.1 Å². The Bertz CT molecular complexity index is 360. The van der Waals surface area contributed by atoms with Gasteiger partial charge >= 0.3 is 0 Å². The molecule has 1 aliphatic rings. The monoisotopic (exact) mass is 239 g/mol. The van der Waals surface area contributed by atoms with E-state index >= 15 is 0 Å². The minimum atomic E-state index is -1.65. The fourth-order valence-electron chi connectivity index (χ4n) is 1.73. The summed E-state index contributed by atoms with van der Waals surface area (Å²) in [5.74, 6) is 1.06. The molecule has 1 aliphatic heterocycles. The summed E-state index contributed by atoms with van der Waals surface area (Å²) < 4.78 is 8.30. The standard InChI is InChI=1S/C11H21N3OSi/c1-11(2,3)16(4,5)15-9-6-10-12-8-13-14(10)7-9/h8-9H,6-7H2,1-5H3. The van der Waals surface area contributed by atoms with Crippen LogP contribution in [0.3, 0.4) is 0 Å². The lowest BCUT2D eigenvalue weighted by Gasteiger charge is -2.38. The van der Waals surface area contributed by atoms with E-state index in [4.69, 9.17) is 4.43 Å². The van der Waals surface area contributed by atoms with Gasteiger partial charge in [0.25, 0.3) is 0 Å². The molecule has 0 bridgehead atoms. The van der Waals surface area contributed by atoms with Crippen molar-refractivity contribution in [2.75, 3.05) is 0 Å². The van der Waals surface area contributed by atoms with E-state index in [0.717, 1.165) is 18.8 Å². The third kappa shape index (κ3) is 2.06. The van der Waals surface area contributed by atoms with Crippen LogP contribution in [-0.2, 0) is 17.4 Å². The fraction of sp³-hybridized carbons (Fsp3) is 0.818. The third-order valence-corrected chi connectivity index (χ3v) is 8.28. The van der Waals surface area contributed by atoms with Gasteiger partial charge in [0.05, 0.1) is 12.6 Å². The summed E-state index contributed by atoms with van der Waals surface area (Å²) in [5.41, 5.74) is 0. The van der Waals surface area contributed by atoms with Crippen molar-refractivity contribution < 1.29 is 4.43 Å². The van der Waals surface area contributed by atoms with E-state index in [0.29, 0.717) is 0 Å². The highest BCUT2D eigenvalue weighted by molar-refractivity contribution is 6.74. The molecule has 0 spiro atoms. The zero-order chi connectivity index (χ0) is 12.0. The van der Waals surface area contributed by atoms with Gasteiger partial charge in [-0.05, 0) is 18.1 Å². The molecule has 0 aliphatic carbocycles. The maximum absolute atomic E-state index is 6.34. The van der Waals surface area contributed by atoms with Gasteiger partial charge in [0.2, 0.25) is 0 Å². The maximum Gasteiger partial charge on any atom is 0.192 e. The molecule has 4 nitrogen and oxygen atoms in total. The number of hydrogen-bond acceptors (Lipinski definition) is 3. The van der Waals surface area contributed by atoms with Crippen molar-refractivity contribution in [3.63, 3.8) is 0 Å². The van der Waals surface area contributed by atoms with Gasteiger partial charge in [0, 0.05) is 6.42 Å². The van der Waals surface area contributed by atoms with E-state index in [-0.39, 0.29) is 11.1 Å². The summed E-state index contributed by atoms with van der Waals surface area (Å²) in [5, 5.41) is 4.45. The summed E-state index contributed by atoms with van der Waals surface area (Å²) in [6.07, 6.45) is 2.81. The Hall–Kier alpha value is -0.683. The Morgan fingerprint density at radius 1 is 1.44 bits per heavy atom. The van der Waals surface area contributed by atoms with Crippen LogP contribution in [0.5, 0.6) is 0 Å². The van der Waals surface area contributed by atoms with Gasteiger partial charge in [-0.2, -0.15) is 5.10 Å². The normalized spacial score (nSPS) is 21.2. The van der Waals surface area contributed by atoms with Crippen molar-refractivity contribution in [3.8, 4) is 0 Å². The van der Waals surface area contributed by atoms with Crippen LogP contribution in [0, 0.1) is 0 Å². The number of rotatable bonds is 2.